The Hall–Kier alpha value is -1.18. The Bertz CT molecular complexity index is 618. The first-order valence-corrected chi connectivity index (χ1v) is 10.5. The molecule has 7 heteroatoms. The number of aliphatic imine (C=N–C) groups is 1. The minimum absolute atomic E-state index is 0.0567. The molecule has 0 spiro atoms. The van der Waals surface area contributed by atoms with Crippen molar-refractivity contribution >= 4 is 21.9 Å². The van der Waals surface area contributed by atoms with Crippen LogP contribution in [0.5, 0.6) is 0 Å². The average Bonchev–Trinajstić information content (AvgIpc) is 2.65. The minimum atomic E-state index is -0.155. The van der Waals surface area contributed by atoms with E-state index in [-0.39, 0.29) is 11.4 Å². The van der Waals surface area contributed by atoms with Crippen LogP contribution in [0.2, 0.25) is 0 Å². The summed E-state index contributed by atoms with van der Waals surface area (Å²) in [6, 6.07) is 5.24. The second-order valence-electron chi connectivity index (χ2n) is 7.19. The van der Waals surface area contributed by atoms with Crippen molar-refractivity contribution in [3.8, 4) is 0 Å². The Balaban J connectivity index is 1.87. The molecule has 27 heavy (non-hydrogen) atoms. The molecule has 2 N–H and O–H groups in total. The molecule has 0 radical (unpaired) electrons. The van der Waals surface area contributed by atoms with Gasteiger partial charge >= 0.3 is 0 Å². The summed E-state index contributed by atoms with van der Waals surface area (Å²) in [7, 11) is 4.24. The first kappa shape index (κ1) is 22.1. The molecule has 0 saturated carbocycles. The van der Waals surface area contributed by atoms with Gasteiger partial charge < -0.3 is 20.3 Å². The van der Waals surface area contributed by atoms with Crippen LogP contribution in [0.4, 0.5) is 4.39 Å². The summed E-state index contributed by atoms with van der Waals surface area (Å²) in [5.41, 5.74) is 0.803. The summed E-state index contributed by atoms with van der Waals surface area (Å²) in [5, 5.41) is 6.68. The quantitative estimate of drug-likeness (QED) is 0.368. The van der Waals surface area contributed by atoms with Crippen LogP contribution < -0.4 is 10.6 Å². The Morgan fingerprint density at radius 1 is 1.30 bits per heavy atom. The molecule has 1 aliphatic rings. The molecule has 1 saturated heterocycles. The number of nitrogens with zero attached hydrogens (tertiary/aromatic N) is 2. The predicted octanol–water partition coefficient (Wildman–Crippen LogP) is 3.19. The smallest absolute Gasteiger partial charge is 0.191 e. The number of rotatable bonds is 8. The molecule has 0 atom stereocenters. The highest BCUT2D eigenvalue weighted by Gasteiger charge is 2.34. The van der Waals surface area contributed by atoms with Gasteiger partial charge in [0.25, 0.3) is 0 Å². The number of nitrogens with one attached hydrogen (secondary N) is 2. The van der Waals surface area contributed by atoms with Crippen LogP contribution >= 0.6 is 15.9 Å². The maximum Gasteiger partial charge on any atom is 0.191 e. The number of guanidine groups is 1. The molecule has 2 rings (SSSR count). The van der Waals surface area contributed by atoms with Gasteiger partial charge in [0.15, 0.2) is 5.96 Å². The fourth-order valence-electron chi connectivity index (χ4n) is 3.28. The zero-order valence-electron chi connectivity index (χ0n) is 16.7. The number of hydrogen-bond donors (Lipinski definition) is 2. The number of hydrogen-bond acceptors (Lipinski definition) is 3. The number of aryl methyl sites for hydroxylation is 1. The predicted molar refractivity (Wildman–Crippen MR) is 113 cm³/mol. The highest BCUT2D eigenvalue weighted by molar-refractivity contribution is 9.10. The number of benzene rings is 1. The van der Waals surface area contributed by atoms with Gasteiger partial charge in [-0.2, -0.15) is 0 Å². The minimum Gasteiger partial charge on any atom is -0.381 e. The maximum atomic E-state index is 13.9. The molecule has 0 bridgehead atoms. The summed E-state index contributed by atoms with van der Waals surface area (Å²) in [5.74, 6) is 0.666. The van der Waals surface area contributed by atoms with Crippen molar-refractivity contribution in [1.82, 2.24) is 15.5 Å². The summed E-state index contributed by atoms with van der Waals surface area (Å²) >= 11 is 3.29. The van der Waals surface area contributed by atoms with E-state index in [0.717, 1.165) is 68.1 Å². The molecule has 1 aromatic rings. The van der Waals surface area contributed by atoms with E-state index in [1.54, 1.807) is 0 Å². The van der Waals surface area contributed by atoms with Crippen LogP contribution in [0.25, 0.3) is 0 Å². The molecular formula is C20H32BrFN4O. The fraction of sp³-hybridized carbons (Fsp3) is 0.650. The van der Waals surface area contributed by atoms with E-state index in [2.05, 4.69) is 52.5 Å². The van der Waals surface area contributed by atoms with Gasteiger partial charge in [0, 0.05) is 36.3 Å². The van der Waals surface area contributed by atoms with Gasteiger partial charge in [0.1, 0.15) is 5.82 Å². The van der Waals surface area contributed by atoms with Crippen molar-refractivity contribution in [2.75, 3.05) is 46.9 Å². The van der Waals surface area contributed by atoms with E-state index in [4.69, 9.17) is 9.73 Å². The topological polar surface area (TPSA) is 48.9 Å². The van der Waals surface area contributed by atoms with Gasteiger partial charge in [-0.25, -0.2) is 4.39 Å². The van der Waals surface area contributed by atoms with Gasteiger partial charge in [0.05, 0.1) is 6.54 Å². The van der Waals surface area contributed by atoms with E-state index in [1.165, 1.54) is 6.07 Å². The van der Waals surface area contributed by atoms with Gasteiger partial charge in [-0.1, -0.05) is 22.0 Å². The largest absolute Gasteiger partial charge is 0.381 e. The van der Waals surface area contributed by atoms with Gasteiger partial charge in [-0.05, 0) is 64.4 Å². The third kappa shape index (κ3) is 6.73. The van der Waals surface area contributed by atoms with E-state index in [0.29, 0.717) is 6.42 Å². The van der Waals surface area contributed by atoms with Gasteiger partial charge in [-0.3, -0.25) is 4.99 Å². The summed E-state index contributed by atoms with van der Waals surface area (Å²) in [4.78, 5) is 7.10. The Morgan fingerprint density at radius 3 is 2.67 bits per heavy atom. The van der Waals surface area contributed by atoms with Crippen LogP contribution in [0, 0.1) is 5.82 Å². The number of ether oxygens (including phenoxy) is 1. The van der Waals surface area contributed by atoms with Crippen LogP contribution in [0.3, 0.4) is 0 Å². The molecule has 5 nitrogen and oxygen atoms in total. The molecule has 1 aromatic carbocycles. The fourth-order valence-corrected chi connectivity index (χ4v) is 3.61. The first-order valence-electron chi connectivity index (χ1n) is 9.68. The lowest BCUT2D eigenvalue weighted by atomic mass is 9.89. The van der Waals surface area contributed by atoms with Crippen molar-refractivity contribution in [3.05, 3.63) is 34.1 Å². The second kappa shape index (κ2) is 11.0. The lowest BCUT2D eigenvalue weighted by Gasteiger charge is -2.41. The van der Waals surface area contributed by atoms with E-state index in [1.807, 2.05) is 12.1 Å². The summed E-state index contributed by atoms with van der Waals surface area (Å²) < 4.78 is 20.2. The number of likely N-dealkylation sites (N-methyl/N-ethyl adjacent to an activating group) is 1. The molecule has 0 unspecified atom stereocenters. The molecule has 1 aliphatic heterocycles. The highest BCUT2D eigenvalue weighted by Crippen LogP contribution is 2.26. The first-order chi connectivity index (χ1) is 13.0. The monoisotopic (exact) mass is 442 g/mol. The zero-order valence-corrected chi connectivity index (χ0v) is 18.2. The van der Waals surface area contributed by atoms with Crippen LogP contribution in [0.1, 0.15) is 31.7 Å². The van der Waals surface area contributed by atoms with E-state index < -0.39 is 0 Å². The molecule has 0 amide bonds. The molecule has 152 valence electrons. The molecule has 1 fully saturated rings. The van der Waals surface area contributed by atoms with Crippen molar-refractivity contribution in [1.29, 1.82) is 0 Å². The Morgan fingerprint density at radius 2 is 2.04 bits per heavy atom. The molecule has 1 heterocycles. The SMILES string of the molecule is CCNC(=NCC1(N(C)C)CCOCC1)NCCCc1ccc(Br)cc1F. The van der Waals surface area contributed by atoms with E-state index >= 15 is 0 Å². The van der Waals surface area contributed by atoms with Crippen molar-refractivity contribution in [2.45, 2.75) is 38.1 Å². The summed E-state index contributed by atoms with van der Waals surface area (Å²) in [6.07, 6.45) is 3.53. The maximum absolute atomic E-state index is 13.9. The third-order valence-electron chi connectivity index (χ3n) is 5.18. The van der Waals surface area contributed by atoms with Gasteiger partial charge in [0.2, 0.25) is 0 Å². The van der Waals surface area contributed by atoms with Crippen LogP contribution in [-0.2, 0) is 11.2 Å². The van der Waals surface area contributed by atoms with Crippen LogP contribution in [-0.4, -0.2) is 63.3 Å². The lowest BCUT2D eigenvalue weighted by Crippen LogP contribution is -2.51. The molecular weight excluding hydrogens is 411 g/mol. The number of halogens is 2. The normalized spacial score (nSPS) is 17.2. The Kier molecular flexibility index (Phi) is 8.99. The van der Waals surface area contributed by atoms with Crippen molar-refractivity contribution < 1.29 is 9.13 Å². The average molecular weight is 443 g/mol. The van der Waals surface area contributed by atoms with Crippen molar-refractivity contribution in [2.24, 2.45) is 4.99 Å². The van der Waals surface area contributed by atoms with Crippen LogP contribution in [0.15, 0.2) is 27.7 Å². The third-order valence-corrected chi connectivity index (χ3v) is 5.67. The zero-order chi connectivity index (χ0) is 19.7. The molecule has 0 aliphatic carbocycles. The van der Waals surface area contributed by atoms with Crippen molar-refractivity contribution in [3.63, 3.8) is 0 Å². The highest BCUT2D eigenvalue weighted by atomic mass is 79.9. The Labute approximate surface area is 170 Å². The molecule has 0 aromatic heterocycles. The summed E-state index contributed by atoms with van der Waals surface area (Å²) in [6.45, 7) is 5.93. The van der Waals surface area contributed by atoms with E-state index in [9.17, 15) is 4.39 Å². The second-order valence-corrected chi connectivity index (χ2v) is 8.11. The lowest BCUT2D eigenvalue weighted by molar-refractivity contribution is -0.00254. The standard InChI is InChI=1S/C20H32BrFN4O/c1-4-23-19(25-15-20(26(2)3)9-12-27-13-10-20)24-11-5-6-16-7-8-17(21)14-18(16)22/h7-8,14H,4-6,9-13,15H2,1-3H3,(H2,23,24,25). The van der Waals surface area contributed by atoms with Gasteiger partial charge in [-0.15, -0.1) is 0 Å².